The van der Waals surface area contributed by atoms with Gasteiger partial charge in [-0.3, -0.25) is 14.4 Å². The zero-order valence-electron chi connectivity index (χ0n) is 36.8. The van der Waals surface area contributed by atoms with Gasteiger partial charge in [0, 0.05) is 51.0 Å². The molecule has 1 saturated carbocycles. The molecule has 336 valence electrons. The quantitative estimate of drug-likeness (QED) is 0.189. The van der Waals surface area contributed by atoms with Crippen LogP contribution in [-0.4, -0.2) is 160 Å². The fourth-order valence-corrected chi connectivity index (χ4v) is 9.77. The van der Waals surface area contributed by atoms with Crippen LogP contribution in [0.3, 0.4) is 0 Å². The highest BCUT2D eigenvalue weighted by atomic mass is 16.7. The van der Waals surface area contributed by atoms with Gasteiger partial charge in [-0.1, -0.05) is 27.7 Å². The molecule has 0 aromatic heterocycles. The molecule has 0 aromatic rings. The lowest BCUT2D eigenvalue weighted by Crippen LogP contribution is -2.61. The van der Waals surface area contributed by atoms with Gasteiger partial charge in [0.25, 0.3) is 0 Å². The smallest absolute Gasteiger partial charge is 0.311 e. The summed E-state index contributed by atoms with van der Waals surface area (Å²) in [6.45, 7) is 17.3. The summed E-state index contributed by atoms with van der Waals surface area (Å²) < 4.78 is 44.2. The van der Waals surface area contributed by atoms with Gasteiger partial charge < -0.3 is 63.6 Å². The Bertz CT molecular complexity index is 1420. The first-order chi connectivity index (χ1) is 26.9. The molecule has 16 heteroatoms. The molecule has 3 aliphatic heterocycles. The number of aliphatic hydroxyl groups excluding tert-OH is 3. The van der Waals surface area contributed by atoms with Crippen LogP contribution in [0.25, 0.3) is 0 Å². The number of ether oxygens (including phenoxy) is 7. The molecule has 4 aliphatic rings. The van der Waals surface area contributed by atoms with E-state index in [9.17, 15) is 39.9 Å². The van der Waals surface area contributed by atoms with E-state index in [1.165, 1.54) is 28.1 Å². The minimum atomic E-state index is -2.00. The standard InChI is InChI=1S/C42H73NO15/c1-14-29-42(10,51)34(46)22(4)31(44)20(2)17-41(9,53-13)36(58-39-32(45)28(15-21(3)54-39)43(11)19-26-16-27(26)37(48)49)23(5)33(24(6)38(50)56-29)57-30-18-40(8,52-12)35(47)25(7)55-30/h20-30,32-36,39,45-47,51H,14-19H2,1-13H3,(H,48,49)/t20-,21-,22+,23+,24-,25+,26?,27?,28+,29-,30+,32-,33+,34-,35+,36-,39+,40-,41-,42-/m1/s1. The number of nitrogens with zero attached hydrogens (tertiary/aromatic N) is 1. The van der Waals surface area contributed by atoms with E-state index in [1.807, 2.05) is 25.8 Å². The average molecular weight is 832 g/mol. The minimum absolute atomic E-state index is 0.0375. The van der Waals surface area contributed by atoms with Gasteiger partial charge in [-0.05, 0) is 80.2 Å². The van der Waals surface area contributed by atoms with E-state index >= 15 is 0 Å². The van der Waals surface area contributed by atoms with Crippen molar-refractivity contribution in [2.24, 2.45) is 35.5 Å². The number of ketones is 1. The van der Waals surface area contributed by atoms with Crippen LogP contribution in [0.1, 0.15) is 101 Å². The minimum Gasteiger partial charge on any atom is -0.481 e. The molecule has 3 heterocycles. The maximum absolute atomic E-state index is 14.3. The fourth-order valence-electron chi connectivity index (χ4n) is 9.77. The van der Waals surface area contributed by atoms with Gasteiger partial charge in [0.15, 0.2) is 12.6 Å². The molecule has 0 aromatic carbocycles. The van der Waals surface area contributed by atoms with E-state index in [4.69, 9.17) is 33.2 Å². The molecular formula is C42H73NO15. The SMILES string of the molecule is CC[C@H]1OC(=O)[C@H](C)[C@@H](O[C@H]2C[C@@](C)(OC)[C@@H](O)[C@H](C)O2)[C@H](C)[C@@H](O[C@@H]2O[C@H](C)C[C@H](N(C)CC3CC3C(=O)O)[C@H]2O)[C@](C)(OC)C[C@@H](C)C(=O)[C@H](C)[C@@H](O)[C@]1(C)O. The summed E-state index contributed by atoms with van der Waals surface area (Å²) in [6, 6.07) is -0.454. The molecule has 0 radical (unpaired) electrons. The Morgan fingerprint density at radius 1 is 0.879 bits per heavy atom. The number of methoxy groups -OCH3 is 2. The molecule has 1 aliphatic carbocycles. The van der Waals surface area contributed by atoms with Crippen LogP contribution in [-0.2, 0) is 47.5 Å². The molecule has 4 rings (SSSR count). The highest BCUT2D eigenvalue weighted by Gasteiger charge is 2.54. The summed E-state index contributed by atoms with van der Waals surface area (Å²) in [5.41, 5.74) is -4.39. The van der Waals surface area contributed by atoms with Crippen LogP contribution in [0, 0.1) is 35.5 Å². The third-order valence-electron chi connectivity index (χ3n) is 13.9. The number of carboxylic acids is 1. The van der Waals surface area contributed by atoms with Gasteiger partial charge in [0.2, 0.25) is 0 Å². The van der Waals surface area contributed by atoms with Crippen molar-refractivity contribution in [1.29, 1.82) is 0 Å². The van der Waals surface area contributed by atoms with Crippen molar-refractivity contribution < 1.29 is 73.1 Å². The van der Waals surface area contributed by atoms with E-state index in [2.05, 4.69) is 0 Å². The van der Waals surface area contributed by atoms with Gasteiger partial charge in [-0.25, -0.2) is 0 Å². The van der Waals surface area contributed by atoms with Crippen LogP contribution in [0.15, 0.2) is 0 Å². The van der Waals surface area contributed by atoms with Crippen LogP contribution in [0.4, 0.5) is 0 Å². The Labute approximate surface area is 344 Å². The predicted octanol–water partition coefficient (Wildman–Crippen LogP) is 2.53. The summed E-state index contributed by atoms with van der Waals surface area (Å²) in [5.74, 6) is -6.04. The number of carbonyl (C=O) groups excluding carboxylic acids is 2. The Morgan fingerprint density at radius 3 is 2.05 bits per heavy atom. The van der Waals surface area contributed by atoms with Crippen molar-refractivity contribution in [2.45, 2.75) is 186 Å². The summed E-state index contributed by atoms with van der Waals surface area (Å²) in [4.78, 5) is 41.9. The first kappa shape index (κ1) is 48.8. The first-order valence-corrected chi connectivity index (χ1v) is 21.0. The second-order valence-electron chi connectivity index (χ2n) is 18.5. The molecule has 0 amide bonds. The van der Waals surface area contributed by atoms with Gasteiger partial charge in [-0.2, -0.15) is 0 Å². The van der Waals surface area contributed by atoms with Crippen molar-refractivity contribution in [3.05, 3.63) is 0 Å². The molecule has 16 nitrogen and oxygen atoms in total. The largest absolute Gasteiger partial charge is 0.481 e. The van der Waals surface area contributed by atoms with E-state index in [1.54, 1.807) is 41.5 Å². The summed E-state index contributed by atoms with van der Waals surface area (Å²) in [7, 11) is 4.82. The number of aliphatic hydroxyl groups is 4. The van der Waals surface area contributed by atoms with Crippen molar-refractivity contribution >= 4 is 17.7 Å². The van der Waals surface area contributed by atoms with E-state index in [0.717, 1.165) is 0 Å². The number of carbonyl (C=O) groups is 3. The number of rotatable bonds is 11. The number of likely N-dealkylation sites (N-methyl/N-ethyl adjacent to an activating group) is 1. The van der Waals surface area contributed by atoms with E-state index in [0.29, 0.717) is 19.4 Å². The average Bonchev–Trinajstić information content (AvgIpc) is 3.95. The van der Waals surface area contributed by atoms with Crippen LogP contribution < -0.4 is 0 Å². The van der Waals surface area contributed by atoms with E-state index in [-0.39, 0.29) is 37.1 Å². The Kier molecular flexibility index (Phi) is 16.0. The van der Waals surface area contributed by atoms with Crippen molar-refractivity contribution in [1.82, 2.24) is 4.90 Å². The maximum Gasteiger partial charge on any atom is 0.311 e. The number of hydrogen-bond acceptors (Lipinski definition) is 15. The van der Waals surface area contributed by atoms with Gasteiger partial charge in [0.05, 0.1) is 53.6 Å². The number of carboxylic acid groups (broad SMARTS) is 1. The fraction of sp³-hybridized carbons (Fsp3) is 0.929. The lowest BCUT2D eigenvalue weighted by Gasteiger charge is -2.50. The molecule has 0 bridgehead atoms. The molecule has 58 heavy (non-hydrogen) atoms. The number of aliphatic carboxylic acids is 1. The van der Waals surface area contributed by atoms with Crippen LogP contribution in [0.5, 0.6) is 0 Å². The zero-order chi connectivity index (χ0) is 43.8. The summed E-state index contributed by atoms with van der Waals surface area (Å²) >= 11 is 0. The Balaban J connectivity index is 1.81. The summed E-state index contributed by atoms with van der Waals surface area (Å²) in [5, 5.41) is 55.7. The van der Waals surface area contributed by atoms with Crippen LogP contribution in [0.2, 0.25) is 0 Å². The monoisotopic (exact) mass is 831 g/mol. The third kappa shape index (κ3) is 10.3. The molecule has 5 N–H and O–H groups in total. The normalized spacial score (nSPS) is 48.6. The number of Topliss-reactive ketones (excluding diaryl/α,β-unsaturated/α-hetero) is 1. The van der Waals surface area contributed by atoms with Gasteiger partial charge in [0.1, 0.15) is 29.7 Å². The maximum atomic E-state index is 14.3. The van der Waals surface area contributed by atoms with Crippen molar-refractivity contribution in [2.75, 3.05) is 27.8 Å². The molecule has 0 spiro atoms. The third-order valence-corrected chi connectivity index (χ3v) is 13.9. The Morgan fingerprint density at radius 2 is 1.50 bits per heavy atom. The van der Waals surface area contributed by atoms with Crippen LogP contribution >= 0.6 is 0 Å². The number of hydrogen-bond donors (Lipinski definition) is 5. The molecule has 20 atom stereocenters. The molecule has 3 saturated heterocycles. The van der Waals surface area contributed by atoms with Crippen molar-refractivity contribution in [3.8, 4) is 0 Å². The topological polar surface area (TPSA) is 220 Å². The van der Waals surface area contributed by atoms with Gasteiger partial charge >= 0.3 is 11.9 Å². The molecule has 2 unspecified atom stereocenters. The first-order valence-electron chi connectivity index (χ1n) is 21.0. The number of cyclic esters (lactones) is 1. The van der Waals surface area contributed by atoms with E-state index < -0.39 is 120 Å². The second kappa shape index (κ2) is 19.1. The second-order valence-corrected chi connectivity index (χ2v) is 18.5. The lowest BCUT2D eigenvalue weighted by molar-refractivity contribution is -0.319. The molecular weight excluding hydrogens is 758 g/mol. The zero-order valence-corrected chi connectivity index (χ0v) is 36.8. The predicted molar refractivity (Wildman–Crippen MR) is 209 cm³/mol. The highest BCUT2D eigenvalue weighted by Crippen LogP contribution is 2.43. The number of esters is 1. The van der Waals surface area contributed by atoms with Gasteiger partial charge in [-0.15, -0.1) is 0 Å². The molecule has 4 fully saturated rings. The highest BCUT2D eigenvalue weighted by molar-refractivity contribution is 5.83. The summed E-state index contributed by atoms with van der Waals surface area (Å²) in [6.07, 6.45) is -9.09. The van der Waals surface area contributed by atoms with Crippen molar-refractivity contribution in [3.63, 3.8) is 0 Å². The lowest BCUT2D eigenvalue weighted by atomic mass is 9.74. The Hall–Kier alpha value is -1.83.